The van der Waals surface area contributed by atoms with Crippen LogP contribution in [0.15, 0.2) is 24.3 Å². The first-order valence-corrected chi connectivity index (χ1v) is 9.28. The molecule has 1 aliphatic rings. The van der Waals surface area contributed by atoms with Crippen molar-refractivity contribution < 1.29 is 4.74 Å². The molecule has 0 unspecified atom stereocenters. The van der Waals surface area contributed by atoms with E-state index in [0.717, 1.165) is 18.2 Å². The number of hydrogen-bond donors (Lipinski definition) is 1. The van der Waals surface area contributed by atoms with Gasteiger partial charge >= 0.3 is 0 Å². The predicted octanol–water partition coefficient (Wildman–Crippen LogP) is 4.20. The predicted molar refractivity (Wildman–Crippen MR) is 97.7 cm³/mol. The Kier molecular flexibility index (Phi) is 7.38. The highest BCUT2D eigenvalue weighted by Crippen LogP contribution is 2.26. The zero-order valence-electron chi connectivity index (χ0n) is 15.1. The summed E-state index contributed by atoms with van der Waals surface area (Å²) in [5.74, 6) is 1.73. The van der Waals surface area contributed by atoms with Crippen LogP contribution in [0.1, 0.15) is 57.9 Å². The zero-order chi connectivity index (χ0) is 16.7. The van der Waals surface area contributed by atoms with E-state index in [4.69, 9.17) is 10.5 Å². The van der Waals surface area contributed by atoms with Gasteiger partial charge in [0.1, 0.15) is 5.75 Å². The molecule has 2 rings (SSSR count). The van der Waals surface area contributed by atoms with Crippen LogP contribution in [-0.2, 0) is 6.54 Å². The molecule has 1 saturated carbocycles. The monoisotopic (exact) mass is 318 g/mol. The second-order valence-corrected chi connectivity index (χ2v) is 7.03. The van der Waals surface area contributed by atoms with E-state index in [1.54, 1.807) is 7.11 Å². The highest BCUT2D eigenvalue weighted by molar-refractivity contribution is 5.27. The van der Waals surface area contributed by atoms with Crippen molar-refractivity contribution in [3.8, 4) is 5.75 Å². The molecule has 23 heavy (non-hydrogen) atoms. The molecule has 0 radical (unpaired) electrons. The molecule has 0 bridgehead atoms. The van der Waals surface area contributed by atoms with Crippen LogP contribution in [0.3, 0.4) is 0 Å². The lowest BCUT2D eigenvalue weighted by molar-refractivity contribution is 0.117. The molecule has 1 fully saturated rings. The quantitative estimate of drug-likeness (QED) is 0.780. The number of nitrogens with two attached hydrogens (primary N) is 1. The molecule has 0 aliphatic heterocycles. The molecule has 0 amide bonds. The first kappa shape index (κ1) is 18.3. The molecule has 1 aromatic rings. The van der Waals surface area contributed by atoms with E-state index < -0.39 is 0 Å². The second kappa shape index (κ2) is 9.29. The van der Waals surface area contributed by atoms with Gasteiger partial charge in [-0.2, -0.15) is 0 Å². The fraction of sp³-hybridized carbons (Fsp3) is 0.700. The third-order valence-corrected chi connectivity index (χ3v) is 5.45. The summed E-state index contributed by atoms with van der Waals surface area (Å²) in [4.78, 5) is 2.71. The largest absolute Gasteiger partial charge is 0.497 e. The molecule has 0 saturated heterocycles. The van der Waals surface area contributed by atoms with Gasteiger partial charge in [0.05, 0.1) is 7.11 Å². The SMILES string of the molecule is CCC(CC)CN(Cc1ccc(OC)cc1)C1CCC(N)CC1. The third kappa shape index (κ3) is 5.50. The van der Waals surface area contributed by atoms with Gasteiger partial charge in [0.15, 0.2) is 0 Å². The molecular formula is C20H34N2O. The van der Waals surface area contributed by atoms with Crippen LogP contribution >= 0.6 is 0 Å². The van der Waals surface area contributed by atoms with Crippen LogP contribution in [0.25, 0.3) is 0 Å². The van der Waals surface area contributed by atoms with Gasteiger partial charge in [-0.1, -0.05) is 38.8 Å². The van der Waals surface area contributed by atoms with Crippen molar-refractivity contribution >= 4 is 0 Å². The smallest absolute Gasteiger partial charge is 0.118 e. The number of nitrogens with zero attached hydrogens (tertiary/aromatic N) is 1. The Hall–Kier alpha value is -1.06. The molecule has 0 atom stereocenters. The van der Waals surface area contributed by atoms with Crippen molar-refractivity contribution in [3.63, 3.8) is 0 Å². The topological polar surface area (TPSA) is 38.5 Å². The van der Waals surface area contributed by atoms with E-state index in [1.165, 1.54) is 50.6 Å². The van der Waals surface area contributed by atoms with Gasteiger partial charge in [0, 0.05) is 25.2 Å². The summed E-state index contributed by atoms with van der Waals surface area (Å²) in [7, 11) is 1.72. The van der Waals surface area contributed by atoms with E-state index in [1.807, 2.05) is 0 Å². The summed E-state index contributed by atoms with van der Waals surface area (Å²) >= 11 is 0. The Bertz CT molecular complexity index is 433. The van der Waals surface area contributed by atoms with Crippen molar-refractivity contribution in [1.82, 2.24) is 4.90 Å². The fourth-order valence-corrected chi connectivity index (χ4v) is 3.65. The molecule has 1 aromatic carbocycles. The minimum Gasteiger partial charge on any atom is -0.497 e. The molecule has 1 aliphatic carbocycles. The highest BCUT2D eigenvalue weighted by Gasteiger charge is 2.25. The van der Waals surface area contributed by atoms with E-state index in [-0.39, 0.29) is 0 Å². The van der Waals surface area contributed by atoms with Gasteiger partial charge in [0.2, 0.25) is 0 Å². The highest BCUT2D eigenvalue weighted by atomic mass is 16.5. The van der Waals surface area contributed by atoms with Crippen molar-refractivity contribution in [3.05, 3.63) is 29.8 Å². The summed E-state index contributed by atoms with van der Waals surface area (Å²) in [5, 5.41) is 0. The minimum atomic E-state index is 0.419. The van der Waals surface area contributed by atoms with Crippen LogP contribution in [0.4, 0.5) is 0 Å². The fourth-order valence-electron chi connectivity index (χ4n) is 3.65. The van der Waals surface area contributed by atoms with Crippen LogP contribution in [-0.4, -0.2) is 30.6 Å². The summed E-state index contributed by atoms with van der Waals surface area (Å²) in [6.07, 6.45) is 7.37. The molecule has 0 aromatic heterocycles. The molecule has 3 nitrogen and oxygen atoms in total. The number of ether oxygens (including phenoxy) is 1. The lowest BCUT2D eigenvalue weighted by Crippen LogP contribution is -2.42. The first-order valence-electron chi connectivity index (χ1n) is 9.28. The molecule has 0 spiro atoms. The Morgan fingerprint density at radius 3 is 2.22 bits per heavy atom. The van der Waals surface area contributed by atoms with Crippen LogP contribution in [0.5, 0.6) is 5.75 Å². The summed E-state index contributed by atoms with van der Waals surface area (Å²) in [5.41, 5.74) is 7.48. The molecule has 2 N–H and O–H groups in total. The lowest BCUT2D eigenvalue weighted by Gasteiger charge is -2.38. The van der Waals surface area contributed by atoms with E-state index in [9.17, 15) is 0 Å². The maximum atomic E-state index is 6.10. The third-order valence-electron chi connectivity index (χ3n) is 5.45. The zero-order valence-corrected chi connectivity index (χ0v) is 15.1. The Balaban J connectivity index is 2.05. The van der Waals surface area contributed by atoms with Crippen molar-refractivity contribution in [2.24, 2.45) is 11.7 Å². The molecule has 3 heteroatoms. The van der Waals surface area contributed by atoms with E-state index in [0.29, 0.717) is 12.1 Å². The van der Waals surface area contributed by atoms with Gasteiger partial charge in [-0.15, -0.1) is 0 Å². The normalized spacial score (nSPS) is 21.8. The average Bonchev–Trinajstić information content (AvgIpc) is 2.60. The number of benzene rings is 1. The van der Waals surface area contributed by atoms with Crippen LogP contribution in [0, 0.1) is 5.92 Å². The maximum absolute atomic E-state index is 6.10. The molecule has 0 heterocycles. The van der Waals surface area contributed by atoms with Crippen molar-refractivity contribution in [2.45, 2.75) is 71.0 Å². The Morgan fingerprint density at radius 2 is 1.70 bits per heavy atom. The van der Waals surface area contributed by atoms with Gasteiger partial charge in [-0.05, 0) is 49.3 Å². The van der Waals surface area contributed by atoms with Crippen LogP contribution in [0.2, 0.25) is 0 Å². The van der Waals surface area contributed by atoms with Crippen molar-refractivity contribution in [1.29, 1.82) is 0 Å². The van der Waals surface area contributed by atoms with Gasteiger partial charge < -0.3 is 10.5 Å². The number of methoxy groups -OCH3 is 1. The minimum absolute atomic E-state index is 0.419. The Labute approximate surface area is 142 Å². The van der Waals surface area contributed by atoms with Crippen LogP contribution < -0.4 is 10.5 Å². The van der Waals surface area contributed by atoms with Gasteiger partial charge in [0.25, 0.3) is 0 Å². The Morgan fingerprint density at radius 1 is 1.09 bits per heavy atom. The van der Waals surface area contributed by atoms with E-state index in [2.05, 4.69) is 43.0 Å². The van der Waals surface area contributed by atoms with Crippen molar-refractivity contribution in [2.75, 3.05) is 13.7 Å². The van der Waals surface area contributed by atoms with Gasteiger partial charge in [-0.3, -0.25) is 4.90 Å². The standard InChI is InChI=1S/C20H34N2O/c1-4-16(5-2)14-22(19-10-8-18(21)9-11-19)15-17-6-12-20(23-3)13-7-17/h6-7,12-13,16,18-19H,4-5,8-11,14-15,21H2,1-3H3. The molecular weight excluding hydrogens is 284 g/mol. The van der Waals surface area contributed by atoms with E-state index >= 15 is 0 Å². The average molecular weight is 319 g/mol. The number of rotatable bonds is 8. The maximum Gasteiger partial charge on any atom is 0.118 e. The summed E-state index contributed by atoms with van der Waals surface area (Å²) < 4.78 is 5.27. The molecule has 130 valence electrons. The first-order chi connectivity index (χ1) is 11.2. The number of hydrogen-bond acceptors (Lipinski definition) is 3. The summed E-state index contributed by atoms with van der Waals surface area (Å²) in [6.45, 7) is 6.88. The van der Waals surface area contributed by atoms with Gasteiger partial charge in [-0.25, -0.2) is 0 Å². The summed E-state index contributed by atoms with van der Waals surface area (Å²) in [6, 6.07) is 9.66. The second-order valence-electron chi connectivity index (χ2n) is 7.03. The lowest BCUT2D eigenvalue weighted by atomic mass is 9.89.